The number of nitrogens with zero attached hydrogens (tertiary/aromatic N) is 3. The number of carbonyl (C=O) groups is 2. The minimum absolute atomic E-state index is 0. The maximum absolute atomic E-state index is 12.9. The van der Waals surface area contributed by atoms with Gasteiger partial charge in [-0.15, -0.1) is 11.3 Å². The number of hydrogen-bond acceptors (Lipinski definition) is 7. The number of halogens is 1. The van der Waals surface area contributed by atoms with Crippen LogP contribution in [0.4, 0.5) is 10.8 Å². The topological polar surface area (TPSA) is 109 Å². The number of benzene rings is 2. The van der Waals surface area contributed by atoms with Gasteiger partial charge in [0.1, 0.15) is 12.3 Å². The highest BCUT2D eigenvalue weighted by molar-refractivity contribution is 7.93. The molecule has 2 amide bonds. The zero-order valence-corrected chi connectivity index (χ0v) is 21.4. The Balaban J connectivity index is 0.00000361. The smallest absolute Gasteiger partial charge is 0.263 e. The second kappa shape index (κ2) is 10.2. The summed E-state index contributed by atoms with van der Waals surface area (Å²) in [5.74, 6) is -0.00218. The third kappa shape index (κ3) is 5.75. The SMILES string of the molecule is Cc1cc(Cl)ccc1O[C@@H](C)C(=O)N1CCN(c2ccc(S(=O)(=O)Nc3nccs3)cc2)C(=O)C1.[HH]. The first kappa shape index (κ1) is 25.0. The van der Waals surface area contributed by atoms with E-state index >= 15 is 0 Å². The van der Waals surface area contributed by atoms with Gasteiger partial charge in [-0.25, -0.2) is 13.4 Å². The number of aryl methyl sites for hydroxylation is 1. The van der Waals surface area contributed by atoms with Crippen molar-refractivity contribution in [2.24, 2.45) is 0 Å². The molecule has 1 atom stereocenters. The Bertz CT molecular complexity index is 1340. The molecule has 0 saturated carbocycles. The van der Waals surface area contributed by atoms with E-state index in [1.165, 1.54) is 39.5 Å². The first-order valence-corrected chi connectivity index (χ1v) is 13.4. The van der Waals surface area contributed by atoms with Crippen molar-refractivity contribution >= 4 is 55.6 Å². The van der Waals surface area contributed by atoms with Crippen LogP contribution in [0.2, 0.25) is 5.02 Å². The molecule has 4 rings (SSSR count). The number of sulfonamides is 1. The van der Waals surface area contributed by atoms with Crippen molar-refractivity contribution in [2.45, 2.75) is 24.8 Å². The molecule has 2 heterocycles. The Morgan fingerprint density at radius 3 is 2.60 bits per heavy atom. The number of piperazine rings is 1. The monoisotopic (exact) mass is 536 g/mol. The number of hydrogen-bond donors (Lipinski definition) is 1. The van der Waals surface area contributed by atoms with Crippen LogP contribution in [0.15, 0.2) is 58.9 Å². The average Bonchev–Trinajstić information content (AvgIpc) is 3.32. The Kier molecular flexibility index (Phi) is 7.29. The van der Waals surface area contributed by atoms with E-state index in [0.29, 0.717) is 23.0 Å². The molecule has 3 aromatic rings. The molecule has 12 heteroatoms. The molecule has 186 valence electrons. The number of nitrogens with one attached hydrogen (secondary N) is 1. The number of carbonyl (C=O) groups excluding carboxylic acids is 2. The van der Waals surface area contributed by atoms with Gasteiger partial charge in [-0.05, 0) is 61.9 Å². The van der Waals surface area contributed by atoms with Crippen molar-refractivity contribution in [3.05, 3.63) is 64.6 Å². The molecule has 0 radical (unpaired) electrons. The van der Waals surface area contributed by atoms with Crippen molar-refractivity contribution in [1.82, 2.24) is 9.88 Å². The highest BCUT2D eigenvalue weighted by atomic mass is 35.5. The van der Waals surface area contributed by atoms with E-state index in [9.17, 15) is 18.0 Å². The minimum Gasteiger partial charge on any atom is -0.481 e. The van der Waals surface area contributed by atoms with Crippen molar-refractivity contribution in [3.8, 4) is 5.75 Å². The van der Waals surface area contributed by atoms with Crippen molar-refractivity contribution in [3.63, 3.8) is 0 Å². The molecule has 1 saturated heterocycles. The van der Waals surface area contributed by atoms with Crippen molar-refractivity contribution in [2.75, 3.05) is 29.3 Å². The van der Waals surface area contributed by atoms with Crippen LogP contribution in [-0.4, -0.2) is 55.9 Å². The van der Waals surface area contributed by atoms with E-state index in [4.69, 9.17) is 16.3 Å². The summed E-state index contributed by atoms with van der Waals surface area (Å²) in [4.78, 5) is 32.7. The first-order chi connectivity index (χ1) is 16.6. The molecule has 0 unspecified atom stereocenters. The number of ether oxygens (including phenoxy) is 1. The molecular formula is C23H25ClN4O5S2. The number of amides is 2. The number of rotatable bonds is 7. The highest BCUT2D eigenvalue weighted by Crippen LogP contribution is 2.25. The van der Waals surface area contributed by atoms with Crippen LogP contribution < -0.4 is 14.4 Å². The highest BCUT2D eigenvalue weighted by Gasteiger charge is 2.31. The van der Waals surface area contributed by atoms with Crippen LogP contribution in [0.3, 0.4) is 0 Å². The van der Waals surface area contributed by atoms with Crippen LogP contribution in [0.25, 0.3) is 0 Å². The fraction of sp³-hybridized carbons (Fsp3) is 0.261. The van der Waals surface area contributed by atoms with E-state index in [2.05, 4.69) is 9.71 Å². The van der Waals surface area contributed by atoms with E-state index in [1.54, 1.807) is 42.6 Å². The predicted octanol–water partition coefficient (Wildman–Crippen LogP) is 3.79. The second-order valence-corrected chi connectivity index (χ2v) is 10.9. The van der Waals surface area contributed by atoms with Gasteiger partial charge in [0.2, 0.25) is 5.91 Å². The van der Waals surface area contributed by atoms with Gasteiger partial charge in [0, 0.05) is 36.8 Å². The second-order valence-electron chi connectivity index (χ2n) is 7.91. The summed E-state index contributed by atoms with van der Waals surface area (Å²) in [6, 6.07) is 11.2. The maximum Gasteiger partial charge on any atom is 0.263 e. The van der Waals surface area contributed by atoms with Crippen LogP contribution >= 0.6 is 22.9 Å². The molecule has 1 aliphatic heterocycles. The van der Waals surface area contributed by atoms with E-state index in [-0.39, 0.29) is 36.4 Å². The van der Waals surface area contributed by atoms with Gasteiger partial charge in [0.05, 0.1) is 4.90 Å². The van der Waals surface area contributed by atoms with E-state index < -0.39 is 16.1 Å². The summed E-state index contributed by atoms with van der Waals surface area (Å²) in [6.07, 6.45) is 0.733. The normalized spacial score (nSPS) is 15.1. The zero-order chi connectivity index (χ0) is 25.2. The molecule has 1 aliphatic rings. The maximum atomic E-state index is 12.9. The number of anilines is 2. The number of aromatic nitrogens is 1. The Labute approximate surface area is 213 Å². The summed E-state index contributed by atoms with van der Waals surface area (Å²) in [6.45, 7) is 3.99. The Hall–Kier alpha value is -3.15. The van der Waals surface area contributed by atoms with Gasteiger partial charge in [-0.2, -0.15) is 0 Å². The quantitative estimate of drug-likeness (QED) is 0.492. The third-order valence-corrected chi connectivity index (χ3v) is 7.84. The van der Waals surface area contributed by atoms with Crippen LogP contribution in [0, 0.1) is 6.92 Å². The van der Waals surface area contributed by atoms with Gasteiger partial charge in [0.25, 0.3) is 15.9 Å². The summed E-state index contributed by atoms with van der Waals surface area (Å²) < 4.78 is 33.2. The molecule has 1 aromatic heterocycles. The van der Waals surface area contributed by atoms with E-state index in [0.717, 1.165) is 5.56 Å². The fourth-order valence-corrected chi connectivity index (χ4v) is 5.65. The predicted molar refractivity (Wildman–Crippen MR) is 137 cm³/mol. The van der Waals surface area contributed by atoms with Crippen LogP contribution in [-0.2, 0) is 19.6 Å². The average molecular weight is 537 g/mol. The lowest BCUT2D eigenvalue weighted by molar-refractivity contribution is -0.142. The zero-order valence-electron chi connectivity index (χ0n) is 19.0. The van der Waals surface area contributed by atoms with Gasteiger partial charge in [0.15, 0.2) is 11.2 Å². The Morgan fingerprint density at radius 1 is 1.23 bits per heavy atom. The lowest BCUT2D eigenvalue weighted by Crippen LogP contribution is -2.54. The lowest BCUT2D eigenvalue weighted by Gasteiger charge is -2.35. The summed E-state index contributed by atoms with van der Waals surface area (Å²) in [5.41, 5.74) is 1.36. The van der Waals surface area contributed by atoms with Crippen molar-refractivity contribution in [1.29, 1.82) is 0 Å². The molecule has 0 aliphatic carbocycles. The van der Waals surface area contributed by atoms with Crippen LogP contribution in [0.5, 0.6) is 5.75 Å². The van der Waals surface area contributed by atoms with Crippen LogP contribution in [0.1, 0.15) is 13.9 Å². The first-order valence-electron chi connectivity index (χ1n) is 10.7. The van der Waals surface area contributed by atoms with Gasteiger partial charge in [-0.3, -0.25) is 14.3 Å². The number of thiazole rings is 1. The molecule has 9 nitrogen and oxygen atoms in total. The Morgan fingerprint density at radius 2 is 1.97 bits per heavy atom. The molecule has 0 spiro atoms. The van der Waals surface area contributed by atoms with E-state index in [1.807, 2.05) is 6.92 Å². The minimum atomic E-state index is -3.78. The lowest BCUT2D eigenvalue weighted by atomic mass is 10.2. The van der Waals surface area contributed by atoms with Crippen molar-refractivity contribution < 1.29 is 24.2 Å². The van der Waals surface area contributed by atoms with Gasteiger partial charge >= 0.3 is 0 Å². The third-order valence-electron chi connectivity index (χ3n) is 5.43. The fourth-order valence-electron chi connectivity index (χ4n) is 3.63. The van der Waals surface area contributed by atoms with Gasteiger partial charge < -0.3 is 14.5 Å². The molecule has 35 heavy (non-hydrogen) atoms. The molecular weight excluding hydrogens is 512 g/mol. The standard InChI is InChI=1S/C23H23ClN4O5S2.H2/c1-15-13-17(24)3-8-20(15)33-16(2)22(30)27-10-11-28(21(29)14-27)18-4-6-19(7-5-18)35(31,32)26-23-25-9-12-34-23;/h3-9,12-13,16H,10-11,14H2,1-2H3,(H,25,26);1H/t16-;/m0./s1. The molecule has 1 fully saturated rings. The largest absolute Gasteiger partial charge is 0.481 e. The molecule has 1 N–H and O–H groups in total. The summed E-state index contributed by atoms with van der Waals surface area (Å²) in [7, 11) is -3.78. The molecule has 0 bridgehead atoms. The van der Waals surface area contributed by atoms with Gasteiger partial charge in [-0.1, -0.05) is 11.6 Å². The summed E-state index contributed by atoms with van der Waals surface area (Å²) in [5, 5.41) is 2.52. The molecule has 2 aromatic carbocycles. The summed E-state index contributed by atoms with van der Waals surface area (Å²) >= 11 is 7.15.